The van der Waals surface area contributed by atoms with E-state index in [0.717, 1.165) is 5.96 Å². The van der Waals surface area contributed by atoms with Gasteiger partial charge in [0.1, 0.15) is 0 Å². The first-order valence-corrected chi connectivity index (χ1v) is 7.00. The zero-order valence-electron chi connectivity index (χ0n) is 13.8. The second kappa shape index (κ2) is 10.2. The quantitative estimate of drug-likeness (QED) is 0.364. The Balaban J connectivity index is 0. The maximum Gasteiger partial charge on any atom is 0.227 e. The summed E-state index contributed by atoms with van der Waals surface area (Å²) in [6.45, 7) is 13.4. The molecule has 0 aliphatic heterocycles. The van der Waals surface area contributed by atoms with Gasteiger partial charge in [0.15, 0.2) is 5.96 Å². The number of carbonyl (C=O) groups is 1. The van der Waals surface area contributed by atoms with E-state index < -0.39 is 5.41 Å². The molecule has 1 atom stereocenters. The number of rotatable bonds is 6. The molecule has 0 aromatic carbocycles. The fraction of sp³-hybridized carbons (Fsp3) is 0.857. The Hall–Kier alpha value is -0.530. The molecular formula is C14H31IN4O. The Morgan fingerprint density at radius 3 is 2.15 bits per heavy atom. The predicted octanol–water partition coefficient (Wildman–Crippen LogP) is 1.98. The summed E-state index contributed by atoms with van der Waals surface area (Å²) in [5.41, 5.74) is -0.464. The zero-order valence-corrected chi connectivity index (χ0v) is 16.2. The van der Waals surface area contributed by atoms with Crippen molar-refractivity contribution < 1.29 is 4.79 Å². The van der Waals surface area contributed by atoms with Crippen LogP contribution in [0.4, 0.5) is 0 Å². The topological polar surface area (TPSA) is 65.5 Å². The molecule has 1 amide bonds. The van der Waals surface area contributed by atoms with Crippen molar-refractivity contribution in [2.45, 2.75) is 47.6 Å². The number of nitrogens with zero attached hydrogens (tertiary/aromatic N) is 1. The van der Waals surface area contributed by atoms with Crippen LogP contribution in [0.25, 0.3) is 0 Å². The normalized spacial score (nSPS) is 13.5. The SMILES string of the molecule is CCNC(=O)C(C)(C)CNC(=NC)NC(C)C(C)C.I. The minimum Gasteiger partial charge on any atom is -0.356 e. The summed E-state index contributed by atoms with van der Waals surface area (Å²) >= 11 is 0. The van der Waals surface area contributed by atoms with Crippen LogP contribution in [0.15, 0.2) is 4.99 Å². The molecule has 5 nitrogen and oxygen atoms in total. The molecule has 0 aromatic heterocycles. The molecule has 120 valence electrons. The van der Waals surface area contributed by atoms with Gasteiger partial charge in [-0.25, -0.2) is 0 Å². The molecule has 0 saturated carbocycles. The molecule has 0 bridgehead atoms. The van der Waals surface area contributed by atoms with E-state index in [2.05, 4.69) is 41.7 Å². The molecule has 20 heavy (non-hydrogen) atoms. The van der Waals surface area contributed by atoms with E-state index in [4.69, 9.17) is 0 Å². The first-order valence-electron chi connectivity index (χ1n) is 7.00. The van der Waals surface area contributed by atoms with Crippen molar-refractivity contribution in [3.05, 3.63) is 0 Å². The third-order valence-electron chi connectivity index (χ3n) is 3.24. The van der Waals surface area contributed by atoms with Gasteiger partial charge in [-0.2, -0.15) is 0 Å². The summed E-state index contributed by atoms with van der Waals surface area (Å²) in [4.78, 5) is 16.1. The van der Waals surface area contributed by atoms with E-state index in [1.54, 1.807) is 7.05 Å². The Morgan fingerprint density at radius 1 is 1.20 bits per heavy atom. The summed E-state index contributed by atoms with van der Waals surface area (Å²) in [5.74, 6) is 1.31. The third kappa shape index (κ3) is 7.91. The maximum atomic E-state index is 11.9. The van der Waals surface area contributed by atoms with E-state index in [0.29, 0.717) is 25.0 Å². The van der Waals surface area contributed by atoms with E-state index in [9.17, 15) is 4.79 Å². The van der Waals surface area contributed by atoms with Gasteiger partial charge in [-0.05, 0) is 33.6 Å². The molecule has 1 unspecified atom stereocenters. The summed E-state index contributed by atoms with van der Waals surface area (Å²) in [6, 6.07) is 0.332. The maximum absolute atomic E-state index is 11.9. The van der Waals surface area contributed by atoms with Gasteiger partial charge in [0, 0.05) is 26.2 Å². The minimum absolute atomic E-state index is 0. The Kier molecular flexibility index (Phi) is 11.1. The van der Waals surface area contributed by atoms with Crippen molar-refractivity contribution >= 4 is 35.8 Å². The van der Waals surface area contributed by atoms with Crippen molar-refractivity contribution in [3.63, 3.8) is 0 Å². The first-order chi connectivity index (χ1) is 8.74. The van der Waals surface area contributed by atoms with Gasteiger partial charge in [-0.15, -0.1) is 24.0 Å². The summed E-state index contributed by atoms with van der Waals surface area (Å²) in [5, 5.41) is 9.38. The molecule has 0 heterocycles. The molecule has 0 radical (unpaired) electrons. The number of carbonyl (C=O) groups excluding carboxylic acids is 1. The number of aliphatic imine (C=N–C) groups is 1. The van der Waals surface area contributed by atoms with Crippen LogP contribution >= 0.6 is 24.0 Å². The highest BCUT2D eigenvalue weighted by atomic mass is 127. The molecule has 0 spiro atoms. The third-order valence-corrected chi connectivity index (χ3v) is 3.24. The monoisotopic (exact) mass is 398 g/mol. The van der Waals surface area contributed by atoms with E-state index in [-0.39, 0.29) is 29.9 Å². The smallest absolute Gasteiger partial charge is 0.227 e. The molecule has 3 N–H and O–H groups in total. The summed E-state index contributed by atoms with van der Waals surface area (Å²) in [6.07, 6.45) is 0. The van der Waals surface area contributed by atoms with Crippen molar-refractivity contribution in [2.24, 2.45) is 16.3 Å². The van der Waals surface area contributed by atoms with Crippen LogP contribution in [0.3, 0.4) is 0 Å². The lowest BCUT2D eigenvalue weighted by Gasteiger charge is -2.26. The van der Waals surface area contributed by atoms with Crippen molar-refractivity contribution in [3.8, 4) is 0 Å². The van der Waals surface area contributed by atoms with Crippen LogP contribution in [0, 0.1) is 11.3 Å². The number of halogens is 1. The van der Waals surface area contributed by atoms with E-state index >= 15 is 0 Å². The van der Waals surface area contributed by atoms with Crippen LogP contribution in [0.1, 0.15) is 41.5 Å². The highest BCUT2D eigenvalue weighted by Gasteiger charge is 2.27. The molecule has 0 saturated heterocycles. The molecule has 6 heteroatoms. The number of hydrogen-bond donors (Lipinski definition) is 3. The molecule has 0 aliphatic carbocycles. The molecule has 0 rings (SSSR count). The highest BCUT2D eigenvalue weighted by molar-refractivity contribution is 14.0. The lowest BCUT2D eigenvalue weighted by molar-refractivity contribution is -0.128. The van der Waals surface area contributed by atoms with Gasteiger partial charge in [0.05, 0.1) is 5.41 Å². The minimum atomic E-state index is -0.464. The fourth-order valence-corrected chi connectivity index (χ4v) is 1.36. The Labute approximate surface area is 140 Å². The summed E-state index contributed by atoms with van der Waals surface area (Å²) < 4.78 is 0. The van der Waals surface area contributed by atoms with Gasteiger partial charge in [-0.3, -0.25) is 9.79 Å². The molecule has 0 fully saturated rings. The van der Waals surface area contributed by atoms with E-state index in [1.807, 2.05) is 20.8 Å². The Bertz CT molecular complexity index is 316. The van der Waals surface area contributed by atoms with Gasteiger partial charge in [0.25, 0.3) is 0 Å². The molecule has 0 aromatic rings. The van der Waals surface area contributed by atoms with E-state index in [1.165, 1.54) is 0 Å². The van der Waals surface area contributed by atoms with Crippen LogP contribution in [0.5, 0.6) is 0 Å². The number of amides is 1. The largest absolute Gasteiger partial charge is 0.356 e. The van der Waals surface area contributed by atoms with Crippen molar-refractivity contribution in [2.75, 3.05) is 20.1 Å². The van der Waals surface area contributed by atoms with Gasteiger partial charge >= 0.3 is 0 Å². The first kappa shape index (κ1) is 21.8. The fourth-order valence-electron chi connectivity index (χ4n) is 1.36. The van der Waals surface area contributed by atoms with Crippen LogP contribution < -0.4 is 16.0 Å². The lowest BCUT2D eigenvalue weighted by Crippen LogP contribution is -2.50. The second-order valence-electron chi connectivity index (χ2n) is 5.85. The zero-order chi connectivity index (χ0) is 15.1. The standard InChI is InChI=1S/C14H30N4O.HI/c1-8-16-12(19)14(5,6)9-17-13(15-7)18-11(4)10(2)3;/h10-11H,8-9H2,1-7H3,(H,16,19)(H2,15,17,18);1H. The average Bonchev–Trinajstić information content (AvgIpc) is 2.34. The van der Waals surface area contributed by atoms with Crippen LogP contribution in [-0.4, -0.2) is 38.0 Å². The van der Waals surface area contributed by atoms with Gasteiger partial charge in [0.2, 0.25) is 5.91 Å². The van der Waals surface area contributed by atoms with Crippen molar-refractivity contribution in [1.29, 1.82) is 0 Å². The summed E-state index contributed by atoms with van der Waals surface area (Å²) in [7, 11) is 1.74. The number of hydrogen-bond acceptors (Lipinski definition) is 2. The highest BCUT2D eigenvalue weighted by Crippen LogP contribution is 2.13. The average molecular weight is 398 g/mol. The van der Waals surface area contributed by atoms with Crippen LogP contribution in [0.2, 0.25) is 0 Å². The van der Waals surface area contributed by atoms with Crippen LogP contribution in [-0.2, 0) is 4.79 Å². The molecular weight excluding hydrogens is 367 g/mol. The predicted molar refractivity (Wildman–Crippen MR) is 96.7 cm³/mol. The second-order valence-corrected chi connectivity index (χ2v) is 5.85. The Morgan fingerprint density at radius 2 is 1.75 bits per heavy atom. The lowest BCUT2D eigenvalue weighted by atomic mass is 9.92. The number of nitrogens with one attached hydrogen (secondary N) is 3. The number of guanidine groups is 1. The van der Waals surface area contributed by atoms with Gasteiger partial charge in [-0.1, -0.05) is 13.8 Å². The molecule has 0 aliphatic rings. The van der Waals surface area contributed by atoms with Gasteiger partial charge < -0.3 is 16.0 Å². The van der Waals surface area contributed by atoms with Crippen molar-refractivity contribution in [1.82, 2.24) is 16.0 Å².